The molecule has 1 aliphatic carbocycles. The summed E-state index contributed by atoms with van der Waals surface area (Å²) < 4.78 is 19.0. The summed E-state index contributed by atoms with van der Waals surface area (Å²) in [7, 11) is 4.38. The van der Waals surface area contributed by atoms with E-state index in [-0.39, 0.29) is 16.7 Å². The average Bonchev–Trinajstić information content (AvgIpc) is 3.06. The Morgan fingerprint density at radius 3 is 1.32 bits per heavy atom. The standard InChI is InChI=1S/C20H18O8/c1-25-17(21)13-12(10-11-8-6-5-7-9-11)14(18(22)26-2)16(20(24)28-4)15(13)19(23)27-3/h5-10H,1-4H3. The molecule has 1 aromatic carbocycles. The topological polar surface area (TPSA) is 105 Å². The molecule has 28 heavy (non-hydrogen) atoms. The SMILES string of the molecule is COC(=O)C1=C(C(=O)OC)C(C(=O)OC)=C(C(=O)OC)C1=Cc1ccccc1. The van der Waals surface area contributed by atoms with Crippen molar-refractivity contribution in [3.63, 3.8) is 0 Å². The normalized spacial score (nSPS) is 13.2. The molecule has 146 valence electrons. The van der Waals surface area contributed by atoms with Crippen molar-refractivity contribution in [2.75, 3.05) is 28.4 Å². The van der Waals surface area contributed by atoms with Crippen molar-refractivity contribution in [1.29, 1.82) is 0 Å². The largest absolute Gasteiger partial charge is 0.465 e. The highest BCUT2D eigenvalue weighted by atomic mass is 16.5. The highest BCUT2D eigenvalue weighted by Crippen LogP contribution is 2.40. The third-order valence-corrected chi connectivity index (χ3v) is 3.96. The van der Waals surface area contributed by atoms with Crippen molar-refractivity contribution < 1.29 is 38.1 Å². The fourth-order valence-corrected chi connectivity index (χ4v) is 2.75. The number of esters is 4. The molecule has 0 radical (unpaired) electrons. The summed E-state index contributed by atoms with van der Waals surface area (Å²) >= 11 is 0. The Morgan fingerprint density at radius 2 is 0.964 bits per heavy atom. The van der Waals surface area contributed by atoms with Gasteiger partial charge in [0, 0.05) is 5.57 Å². The van der Waals surface area contributed by atoms with Crippen LogP contribution in [-0.4, -0.2) is 52.3 Å². The summed E-state index contributed by atoms with van der Waals surface area (Å²) in [5.74, 6) is -3.86. The van der Waals surface area contributed by atoms with Crippen LogP contribution in [0, 0.1) is 0 Å². The third kappa shape index (κ3) is 3.71. The zero-order valence-electron chi connectivity index (χ0n) is 15.7. The van der Waals surface area contributed by atoms with Gasteiger partial charge in [-0.3, -0.25) is 0 Å². The van der Waals surface area contributed by atoms with Gasteiger partial charge in [-0.1, -0.05) is 30.3 Å². The number of carbonyl (C=O) groups excluding carboxylic acids is 4. The fourth-order valence-electron chi connectivity index (χ4n) is 2.75. The van der Waals surface area contributed by atoms with Gasteiger partial charge < -0.3 is 18.9 Å². The predicted molar refractivity (Wildman–Crippen MR) is 96.5 cm³/mol. The molecule has 0 bridgehead atoms. The Kier molecular flexibility index (Phi) is 6.49. The van der Waals surface area contributed by atoms with Crippen molar-refractivity contribution >= 4 is 30.0 Å². The van der Waals surface area contributed by atoms with Gasteiger partial charge in [0.1, 0.15) is 0 Å². The molecule has 0 aliphatic heterocycles. The Bertz CT molecular complexity index is 865. The van der Waals surface area contributed by atoms with E-state index in [1.54, 1.807) is 30.3 Å². The van der Waals surface area contributed by atoms with Gasteiger partial charge in [-0.2, -0.15) is 0 Å². The van der Waals surface area contributed by atoms with E-state index in [0.717, 1.165) is 28.4 Å². The molecule has 0 saturated heterocycles. The van der Waals surface area contributed by atoms with Gasteiger partial charge in [0.15, 0.2) is 0 Å². The molecule has 8 nitrogen and oxygen atoms in total. The maximum atomic E-state index is 12.5. The van der Waals surface area contributed by atoms with Crippen molar-refractivity contribution in [2.24, 2.45) is 0 Å². The molecule has 0 amide bonds. The van der Waals surface area contributed by atoms with Crippen LogP contribution in [0.5, 0.6) is 0 Å². The lowest BCUT2D eigenvalue weighted by Crippen LogP contribution is -2.18. The van der Waals surface area contributed by atoms with Crippen molar-refractivity contribution in [3.8, 4) is 0 Å². The lowest BCUT2D eigenvalue weighted by Gasteiger charge is -2.09. The van der Waals surface area contributed by atoms with Gasteiger partial charge in [0.2, 0.25) is 0 Å². The second-order valence-corrected chi connectivity index (χ2v) is 5.44. The van der Waals surface area contributed by atoms with E-state index in [1.165, 1.54) is 6.08 Å². The number of hydrogen-bond acceptors (Lipinski definition) is 8. The molecule has 0 aromatic heterocycles. The fraction of sp³-hybridized carbons (Fsp3) is 0.200. The minimum atomic E-state index is -1.00. The van der Waals surface area contributed by atoms with Crippen molar-refractivity contribution in [3.05, 3.63) is 63.8 Å². The molecule has 0 atom stereocenters. The van der Waals surface area contributed by atoms with Crippen LogP contribution in [0.25, 0.3) is 6.08 Å². The van der Waals surface area contributed by atoms with Crippen molar-refractivity contribution in [1.82, 2.24) is 0 Å². The minimum absolute atomic E-state index is 0.00861. The molecule has 0 spiro atoms. The van der Waals surface area contributed by atoms with Gasteiger partial charge in [-0.05, 0) is 11.6 Å². The summed E-state index contributed by atoms with van der Waals surface area (Å²) in [6.07, 6.45) is 1.47. The highest BCUT2D eigenvalue weighted by molar-refractivity contribution is 6.23. The first kappa shape index (κ1) is 20.6. The van der Waals surface area contributed by atoms with Gasteiger partial charge in [0.05, 0.1) is 50.7 Å². The first-order valence-corrected chi connectivity index (χ1v) is 8.00. The molecule has 1 aliphatic rings. The van der Waals surface area contributed by atoms with E-state index in [4.69, 9.17) is 18.9 Å². The van der Waals surface area contributed by atoms with Crippen LogP contribution in [0.4, 0.5) is 0 Å². The van der Waals surface area contributed by atoms with Gasteiger partial charge >= 0.3 is 23.9 Å². The quantitative estimate of drug-likeness (QED) is 0.552. The van der Waals surface area contributed by atoms with E-state index in [0.29, 0.717) is 5.56 Å². The van der Waals surface area contributed by atoms with Crippen LogP contribution in [0.15, 0.2) is 58.2 Å². The molecule has 0 unspecified atom stereocenters. The summed E-state index contributed by atoms with van der Waals surface area (Å²) in [5.41, 5.74) is -0.841. The number of methoxy groups -OCH3 is 4. The summed E-state index contributed by atoms with van der Waals surface area (Å²) in [4.78, 5) is 49.8. The van der Waals surface area contributed by atoms with Gasteiger partial charge in [0.25, 0.3) is 0 Å². The number of benzene rings is 1. The molecular weight excluding hydrogens is 368 g/mol. The molecule has 1 aromatic rings. The Morgan fingerprint density at radius 1 is 0.607 bits per heavy atom. The number of hydrogen-bond donors (Lipinski definition) is 0. The van der Waals surface area contributed by atoms with Gasteiger partial charge in [-0.25, -0.2) is 19.2 Å². The summed E-state index contributed by atoms with van der Waals surface area (Å²) in [6.45, 7) is 0. The number of ether oxygens (including phenoxy) is 4. The molecule has 0 heterocycles. The lowest BCUT2D eigenvalue weighted by atomic mass is 9.99. The molecule has 0 fully saturated rings. The highest BCUT2D eigenvalue weighted by Gasteiger charge is 2.44. The first-order valence-electron chi connectivity index (χ1n) is 8.00. The Balaban J connectivity index is 2.95. The molecule has 0 saturated carbocycles. The van der Waals surface area contributed by atoms with Gasteiger partial charge in [-0.15, -0.1) is 0 Å². The second kappa shape index (κ2) is 8.81. The van der Waals surface area contributed by atoms with Crippen LogP contribution in [-0.2, 0) is 38.1 Å². The third-order valence-electron chi connectivity index (χ3n) is 3.96. The summed E-state index contributed by atoms with van der Waals surface area (Å²) in [6, 6.07) is 8.69. The predicted octanol–water partition coefficient (Wildman–Crippen LogP) is 1.37. The second-order valence-electron chi connectivity index (χ2n) is 5.44. The molecule has 2 rings (SSSR count). The maximum absolute atomic E-state index is 12.5. The molecular formula is C20H18O8. The number of rotatable bonds is 5. The minimum Gasteiger partial charge on any atom is -0.465 e. The van der Waals surface area contributed by atoms with E-state index in [9.17, 15) is 19.2 Å². The van der Waals surface area contributed by atoms with E-state index in [1.807, 2.05) is 0 Å². The monoisotopic (exact) mass is 386 g/mol. The summed E-state index contributed by atoms with van der Waals surface area (Å²) in [5, 5.41) is 0. The van der Waals surface area contributed by atoms with E-state index in [2.05, 4.69) is 0 Å². The van der Waals surface area contributed by atoms with Crippen LogP contribution in [0.3, 0.4) is 0 Å². The van der Waals surface area contributed by atoms with Crippen LogP contribution in [0.1, 0.15) is 5.56 Å². The first-order chi connectivity index (χ1) is 13.4. The zero-order valence-corrected chi connectivity index (χ0v) is 15.7. The maximum Gasteiger partial charge on any atom is 0.339 e. The zero-order chi connectivity index (χ0) is 20.8. The van der Waals surface area contributed by atoms with E-state index >= 15 is 0 Å². The van der Waals surface area contributed by atoms with Crippen LogP contribution < -0.4 is 0 Å². The molecule has 0 N–H and O–H groups in total. The van der Waals surface area contributed by atoms with E-state index < -0.39 is 35.0 Å². The Hall–Kier alpha value is -3.68. The number of carbonyl (C=O) groups is 4. The smallest absolute Gasteiger partial charge is 0.339 e. The van der Waals surface area contributed by atoms with Crippen LogP contribution in [0.2, 0.25) is 0 Å². The van der Waals surface area contributed by atoms with Crippen molar-refractivity contribution in [2.45, 2.75) is 0 Å². The average molecular weight is 386 g/mol. The lowest BCUT2D eigenvalue weighted by molar-refractivity contribution is -0.140. The Labute approximate surface area is 161 Å². The van der Waals surface area contributed by atoms with Crippen LogP contribution >= 0.6 is 0 Å². The molecule has 8 heteroatoms.